The molecule has 7 nitrogen and oxygen atoms in total. The van der Waals surface area contributed by atoms with E-state index in [9.17, 15) is 18.8 Å². The third-order valence-corrected chi connectivity index (χ3v) is 3.67. The Morgan fingerprint density at radius 1 is 1.20 bits per heavy atom. The van der Waals surface area contributed by atoms with E-state index in [0.29, 0.717) is 19.4 Å². The van der Waals surface area contributed by atoms with Gasteiger partial charge in [0, 0.05) is 13.0 Å². The molecule has 0 N–H and O–H groups in total. The number of hydrogen-bond acceptors (Lipinski definition) is 6. The number of hydrogen-bond donors (Lipinski definition) is 0. The highest BCUT2D eigenvalue weighted by atomic mass is 18.2. The molecular formula is C17H28FNO6. The molecule has 1 aliphatic heterocycles. The van der Waals surface area contributed by atoms with E-state index in [-0.39, 0.29) is 13.1 Å². The predicted octanol–water partition coefficient (Wildman–Crippen LogP) is 2.61. The van der Waals surface area contributed by atoms with Gasteiger partial charge in [0.05, 0.1) is 13.8 Å². The molecule has 0 aromatic heterocycles. The van der Waals surface area contributed by atoms with Crippen molar-refractivity contribution in [1.82, 2.24) is 4.90 Å². The van der Waals surface area contributed by atoms with Crippen LogP contribution in [-0.2, 0) is 23.8 Å². The number of ether oxygens (including phenoxy) is 3. The maximum Gasteiger partial charge on any atom is 0.417 e. The molecule has 25 heavy (non-hydrogen) atoms. The van der Waals surface area contributed by atoms with Gasteiger partial charge in [0.15, 0.2) is 0 Å². The zero-order valence-corrected chi connectivity index (χ0v) is 15.4. The van der Waals surface area contributed by atoms with E-state index < -0.39 is 35.7 Å². The smallest absolute Gasteiger partial charge is 0.417 e. The van der Waals surface area contributed by atoms with Gasteiger partial charge in [-0.3, -0.25) is 9.18 Å². The molecule has 1 fully saturated rings. The summed E-state index contributed by atoms with van der Waals surface area (Å²) < 4.78 is 27.4. The summed E-state index contributed by atoms with van der Waals surface area (Å²) in [4.78, 5) is 37.5. The van der Waals surface area contributed by atoms with Crippen molar-refractivity contribution in [2.75, 3.05) is 20.4 Å². The van der Waals surface area contributed by atoms with E-state index in [1.165, 1.54) is 7.11 Å². The zero-order valence-electron chi connectivity index (χ0n) is 15.4. The summed E-state index contributed by atoms with van der Waals surface area (Å²) in [6, 6.07) is -1.05. The summed E-state index contributed by atoms with van der Waals surface area (Å²) in [5.74, 6) is -1.29. The van der Waals surface area contributed by atoms with Crippen molar-refractivity contribution in [1.29, 1.82) is 0 Å². The van der Waals surface area contributed by atoms with Gasteiger partial charge in [0.1, 0.15) is 17.7 Å². The van der Waals surface area contributed by atoms with Gasteiger partial charge in [-0.1, -0.05) is 12.8 Å². The number of methoxy groups -OCH3 is 1. The Morgan fingerprint density at radius 3 is 2.40 bits per heavy atom. The summed E-state index contributed by atoms with van der Waals surface area (Å²) in [7, 11) is 1.19. The molecule has 0 saturated carbocycles. The molecule has 1 rings (SSSR count). The standard InChI is InChI=1S/C17H28FNO6/c1-17(2,3)25-16(22)19-12(15(21)23-4)11-13(14(19)20)24-10-8-6-5-7-9-18/h12-13H,5-11H2,1-4H3/i18-1. The van der Waals surface area contributed by atoms with Crippen LogP contribution >= 0.6 is 0 Å². The van der Waals surface area contributed by atoms with Crippen LogP contribution in [0.25, 0.3) is 0 Å². The molecule has 8 heteroatoms. The number of halogens is 1. The summed E-state index contributed by atoms with van der Waals surface area (Å²) in [5, 5.41) is 0. The fraction of sp³-hybridized carbons (Fsp3) is 0.824. The lowest BCUT2D eigenvalue weighted by Gasteiger charge is -2.26. The number of unbranched alkanes of at least 4 members (excludes halogenated alkanes) is 3. The molecule has 0 spiro atoms. The normalized spacial score (nSPS) is 20.7. The average molecular weight is 360 g/mol. The highest BCUT2D eigenvalue weighted by molar-refractivity contribution is 6.01. The van der Waals surface area contributed by atoms with Crippen molar-refractivity contribution in [3.8, 4) is 0 Å². The average Bonchev–Trinajstić information content (AvgIpc) is 2.85. The molecule has 0 bridgehead atoms. The predicted molar refractivity (Wildman–Crippen MR) is 87.7 cm³/mol. The number of carbonyl (C=O) groups is 3. The molecule has 2 atom stereocenters. The van der Waals surface area contributed by atoms with Crippen LogP contribution in [0.1, 0.15) is 52.9 Å². The fourth-order valence-corrected chi connectivity index (χ4v) is 2.50. The van der Waals surface area contributed by atoms with Crippen molar-refractivity contribution in [2.24, 2.45) is 0 Å². The maximum atomic E-state index is 12.5. The largest absolute Gasteiger partial charge is 0.467 e. The fourth-order valence-electron chi connectivity index (χ4n) is 2.50. The topological polar surface area (TPSA) is 82.1 Å². The quantitative estimate of drug-likeness (QED) is 0.489. The molecule has 1 aliphatic rings. The second-order valence-electron chi connectivity index (χ2n) is 6.93. The lowest BCUT2D eigenvalue weighted by molar-refractivity contribution is -0.149. The van der Waals surface area contributed by atoms with Gasteiger partial charge in [-0.05, 0) is 33.6 Å². The van der Waals surface area contributed by atoms with Crippen LogP contribution in [0.5, 0.6) is 0 Å². The minimum absolute atomic E-state index is 0.0369. The molecule has 2 amide bonds. The molecule has 0 aliphatic carbocycles. The first kappa shape index (κ1) is 21.3. The van der Waals surface area contributed by atoms with Crippen molar-refractivity contribution < 1.29 is 33.0 Å². The van der Waals surface area contributed by atoms with Crippen LogP contribution < -0.4 is 0 Å². The van der Waals surface area contributed by atoms with E-state index in [1.54, 1.807) is 20.8 Å². The Bertz CT molecular complexity index is 476. The SMILES string of the molecule is COC(=O)C1CC(OCCCCCC[18F])C(=O)N1C(=O)OC(C)(C)C. The molecule has 144 valence electrons. The van der Waals surface area contributed by atoms with Gasteiger partial charge in [-0.2, -0.15) is 0 Å². The number of rotatable bonds is 8. The van der Waals surface area contributed by atoms with Gasteiger partial charge in [0.25, 0.3) is 5.91 Å². The molecular weight excluding hydrogens is 332 g/mol. The van der Waals surface area contributed by atoms with Crippen LogP contribution in [0.3, 0.4) is 0 Å². The molecule has 0 aromatic rings. The molecule has 2 unspecified atom stereocenters. The number of esters is 1. The minimum Gasteiger partial charge on any atom is -0.467 e. The summed E-state index contributed by atoms with van der Waals surface area (Å²) in [6.07, 6.45) is 1.00. The van der Waals surface area contributed by atoms with Gasteiger partial charge < -0.3 is 14.2 Å². The molecule has 0 radical (unpaired) electrons. The lowest BCUT2D eigenvalue weighted by Crippen LogP contribution is -2.46. The van der Waals surface area contributed by atoms with Crippen LogP contribution in [0.4, 0.5) is 9.18 Å². The number of amides is 2. The Labute approximate surface area is 147 Å². The highest BCUT2D eigenvalue weighted by Gasteiger charge is 2.49. The first-order valence-corrected chi connectivity index (χ1v) is 8.52. The van der Waals surface area contributed by atoms with Crippen molar-refractivity contribution in [3.63, 3.8) is 0 Å². The number of carbonyl (C=O) groups excluding carboxylic acids is 3. The Kier molecular flexibility index (Phi) is 8.28. The number of imide groups is 1. The molecule has 1 saturated heterocycles. The second-order valence-corrected chi connectivity index (χ2v) is 6.93. The van der Waals surface area contributed by atoms with E-state index in [2.05, 4.69) is 4.74 Å². The Morgan fingerprint density at radius 2 is 1.84 bits per heavy atom. The van der Waals surface area contributed by atoms with Gasteiger partial charge in [-0.15, -0.1) is 0 Å². The van der Waals surface area contributed by atoms with Crippen molar-refractivity contribution in [3.05, 3.63) is 0 Å². The Balaban J connectivity index is 2.67. The number of alkyl halides is 1. The van der Waals surface area contributed by atoms with E-state index >= 15 is 0 Å². The first-order valence-electron chi connectivity index (χ1n) is 8.52. The van der Waals surface area contributed by atoms with Gasteiger partial charge >= 0.3 is 12.1 Å². The second kappa shape index (κ2) is 9.70. The van der Waals surface area contributed by atoms with Crippen molar-refractivity contribution in [2.45, 2.75) is 70.6 Å². The summed E-state index contributed by atoms with van der Waals surface area (Å²) in [5.41, 5.74) is -0.798. The maximum absolute atomic E-state index is 12.5. The molecule has 0 aromatic carbocycles. The minimum atomic E-state index is -1.05. The Hall–Kier alpha value is -1.70. The van der Waals surface area contributed by atoms with Crippen LogP contribution in [-0.4, -0.2) is 61.0 Å². The van der Waals surface area contributed by atoms with Crippen LogP contribution in [0.2, 0.25) is 0 Å². The lowest BCUT2D eigenvalue weighted by atomic mass is 10.2. The first-order chi connectivity index (χ1) is 11.7. The third-order valence-electron chi connectivity index (χ3n) is 3.67. The van der Waals surface area contributed by atoms with Crippen LogP contribution in [0, 0.1) is 0 Å². The zero-order chi connectivity index (χ0) is 19.0. The number of likely N-dealkylation sites (tertiary alicyclic amines) is 1. The summed E-state index contributed by atoms with van der Waals surface area (Å²) in [6.45, 7) is 4.98. The van der Waals surface area contributed by atoms with E-state index in [1.807, 2.05) is 0 Å². The summed E-state index contributed by atoms with van der Waals surface area (Å²) >= 11 is 0. The highest BCUT2D eigenvalue weighted by Crippen LogP contribution is 2.25. The van der Waals surface area contributed by atoms with Gasteiger partial charge in [0.2, 0.25) is 0 Å². The molecule has 1 heterocycles. The van der Waals surface area contributed by atoms with E-state index in [4.69, 9.17) is 9.47 Å². The monoisotopic (exact) mass is 360 g/mol. The van der Waals surface area contributed by atoms with Gasteiger partial charge in [-0.25, -0.2) is 14.5 Å². The third kappa shape index (κ3) is 6.61. The van der Waals surface area contributed by atoms with E-state index in [0.717, 1.165) is 17.7 Å². The number of nitrogens with zero attached hydrogens (tertiary/aromatic N) is 1. The van der Waals surface area contributed by atoms with Crippen LogP contribution in [0.15, 0.2) is 0 Å². The van der Waals surface area contributed by atoms with Crippen molar-refractivity contribution >= 4 is 18.0 Å².